The quantitative estimate of drug-likeness (QED) is 0.841. The molecule has 2 aromatic rings. The minimum Gasteiger partial charge on any atom is -0.444 e. The molecule has 8 nitrogen and oxygen atoms in total. The van der Waals surface area contributed by atoms with Crippen LogP contribution in [0.4, 0.5) is 17.8 Å². The summed E-state index contributed by atoms with van der Waals surface area (Å²) in [5, 5.41) is 3.08. The van der Waals surface area contributed by atoms with Gasteiger partial charge in [0.2, 0.25) is 23.7 Å². The van der Waals surface area contributed by atoms with E-state index in [1.54, 1.807) is 11.1 Å². The fraction of sp³-hybridized carbons (Fsp3) is 0.455. The Morgan fingerprint density at radius 1 is 1.32 bits per heavy atom. The second-order valence-corrected chi connectivity index (χ2v) is 4.39. The van der Waals surface area contributed by atoms with Gasteiger partial charge in [0, 0.05) is 14.1 Å². The van der Waals surface area contributed by atoms with Crippen molar-refractivity contribution in [2.24, 2.45) is 0 Å². The largest absolute Gasteiger partial charge is 0.444 e. The van der Waals surface area contributed by atoms with Gasteiger partial charge in [0.15, 0.2) is 0 Å². The van der Waals surface area contributed by atoms with Crippen molar-refractivity contribution in [1.29, 1.82) is 0 Å². The molecule has 8 heteroatoms. The molecule has 0 fully saturated rings. The van der Waals surface area contributed by atoms with Crippen LogP contribution < -0.4 is 16.0 Å². The monoisotopic (exact) mass is 263 g/mol. The Labute approximate surface area is 111 Å². The van der Waals surface area contributed by atoms with Crippen molar-refractivity contribution in [3.63, 3.8) is 0 Å². The van der Waals surface area contributed by atoms with Gasteiger partial charge in [0.05, 0.1) is 6.20 Å². The first kappa shape index (κ1) is 13.1. The van der Waals surface area contributed by atoms with E-state index in [9.17, 15) is 0 Å². The summed E-state index contributed by atoms with van der Waals surface area (Å²) in [7, 11) is 3.67. The maximum atomic E-state index is 5.65. The van der Waals surface area contributed by atoms with Gasteiger partial charge in [0.1, 0.15) is 11.8 Å². The van der Waals surface area contributed by atoms with E-state index in [0.29, 0.717) is 17.8 Å². The van der Waals surface area contributed by atoms with Gasteiger partial charge in [0.25, 0.3) is 0 Å². The highest BCUT2D eigenvalue weighted by molar-refractivity contribution is 5.41. The van der Waals surface area contributed by atoms with E-state index in [1.165, 1.54) is 0 Å². The van der Waals surface area contributed by atoms with Crippen LogP contribution in [0.15, 0.2) is 10.6 Å². The zero-order valence-electron chi connectivity index (χ0n) is 11.4. The molecule has 102 valence electrons. The highest BCUT2D eigenvalue weighted by Crippen LogP contribution is 2.18. The molecule has 1 unspecified atom stereocenters. The number of aryl methyl sites for hydroxylation is 1. The summed E-state index contributed by atoms with van der Waals surface area (Å²) in [5.74, 6) is 2.37. The molecule has 1 atom stereocenters. The first-order valence-corrected chi connectivity index (χ1v) is 5.83. The lowest BCUT2D eigenvalue weighted by Crippen LogP contribution is -2.17. The number of nitrogens with zero attached hydrogens (tertiary/aromatic N) is 5. The van der Waals surface area contributed by atoms with Gasteiger partial charge in [-0.15, -0.1) is 0 Å². The smallest absolute Gasteiger partial charge is 0.231 e. The van der Waals surface area contributed by atoms with Crippen molar-refractivity contribution in [2.45, 2.75) is 19.9 Å². The van der Waals surface area contributed by atoms with Crippen molar-refractivity contribution >= 4 is 17.8 Å². The second kappa shape index (κ2) is 5.09. The van der Waals surface area contributed by atoms with Crippen LogP contribution in [-0.2, 0) is 0 Å². The van der Waals surface area contributed by atoms with E-state index in [0.717, 1.165) is 5.76 Å². The summed E-state index contributed by atoms with van der Waals surface area (Å²) in [5.41, 5.74) is 5.65. The Bertz CT molecular complexity index is 566. The van der Waals surface area contributed by atoms with Crippen LogP contribution in [0.25, 0.3) is 0 Å². The number of nitrogen functional groups attached to an aromatic ring is 1. The zero-order valence-corrected chi connectivity index (χ0v) is 11.4. The van der Waals surface area contributed by atoms with Crippen LogP contribution in [0, 0.1) is 6.92 Å². The maximum absolute atomic E-state index is 5.65. The Morgan fingerprint density at radius 3 is 2.63 bits per heavy atom. The molecule has 0 aliphatic heterocycles. The molecule has 3 N–H and O–H groups in total. The molecule has 0 saturated heterocycles. The molecule has 19 heavy (non-hydrogen) atoms. The van der Waals surface area contributed by atoms with Gasteiger partial charge < -0.3 is 20.4 Å². The first-order chi connectivity index (χ1) is 8.95. The van der Waals surface area contributed by atoms with E-state index in [1.807, 2.05) is 27.9 Å². The van der Waals surface area contributed by atoms with Gasteiger partial charge in [-0.1, -0.05) is 0 Å². The fourth-order valence-electron chi connectivity index (χ4n) is 1.47. The first-order valence-electron chi connectivity index (χ1n) is 5.83. The predicted octanol–water partition coefficient (Wildman–Crippen LogP) is 0.989. The molecule has 0 aliphatic carbocycles. The van der Waals surface area contributed by atoms with E-state index < -0.39 is 0 Å². The number of hydrogen-bond acceptors (Lipinski definition) is 8. The molecule has 0 amide bonds. The van der Waals surface area contributed by atoms with Gasteiger partial charge in [-0.3, -0.25) is 0 Å². The van der Waals surface area contributed by atoms with Crippen LogP contribution in [0.1, 0.15) is 24.6 Å². The SMILES string of the molecule is Cc1cnc(C(C)Nc2nc(N)nc(N(C)C)n2)o1. The molecule has 0 spiro atoms. The lowest BCUT2D eigenvalue weighted by molar-refractivity contribution is 0.453. The molecular formula is C11H17N7O. The van der Waals surface area contributed by atoms with Crippen molar-refractivity contribution in [3.8, 4) is 0 Å². The Hall–Kier alpha value is -2.38. The molecule has 2 aromatic heterocycles. The highest BCUT2D eigenvalue weighted by Gasteiger charge is 2.14. The summed E-state index contributed by atoms with van der Waals surface area (Å²) < 4.78 is 5.44. The molecule has 0 aromatic carbocycles. The third kappa shape index (κ3) is 3.09. The van der Waals surface area contributed by atoms with E-state index in [-0.39, 0.29) is 12.0 Å². The molecule has 2 rings (SSSR count). The number of oxazole rings is 1. The van der Waals surface area contributed by atoms with Crippen molar-refractivity contribution in [1.82, 2.24) is 19.9 Å². The number of nitrogens with one attached hydrogen (secondary N) is 1. The van der Waals surface area contributed by atoms with E-state index in [4.69, 9.17) is 10.2 Å². The minimum atomic E-state index is -0.162. The van der Waals surface area contributed by atoms with Crippen molar-refractivity contribution < 1.29 is 4.42 Å². The van der Waals surface area contributed by atoms with Gasteiger partial charge in [-0.05, 0) is 13.8 Å². The van der Waals surface area contributed by atoms with Crippen molar-refractivity contribution in [3.05, 3.63) is 17.8 Å². The Balaban J connectivity index is 2.18. The summed E-state index contributed by atoms with van der Waals surface area (Å²) in [6.45, 7) is 3.74. The Kier molecular flexibility index (Phi) is 3.50. The molecular weight excluding hydrogens is 246 g/mol. The maximum Gasteiger partial charge on any atom is 0.231 e. The average molecular weight is 263 g/mol. The zero-order chi connectivity index (χ0) is 14.0. The lowest BCUT2D eigenvalue weighted by atomic mass is 10.3. The van der Waals surface area contributed by atoms with Crippen LogP contribution in [-0.4, -0.2) is 34.0 Å². The number of aromatic nitrogens is 4. The number of nitrogens with two attached hydrogens (primary N) is 1. The topological polar surface area (TPSA) is 106 Å². The third-order valence-corrected chi connectivity index (χ3v) is 2.40. The highest BCUT2D eigenvalue weighted by atomic mass is 16.4. The normalized spacial score (nSPS) is 12.2. The standard InChI is InChI=1S/C11H17N7O/c1-6-5-13-8(19-6)7(2)14-10-15-9(12)16-11(17-10)18(3)4/h5,7H,1-4H3,(H3,12,14,15,16,17). The van der Waals surface area contributed by atoms with E-state index >= 15 is 0 Å². The van der Waals surface area contributed by atoms with Gasteiger partial charge in [-0.25, -0.2) is 4.98 Å². The summed E-state index contributed by atoms with van der Waals surface area (Å²) >= 11 is 0. The number of rotatable bonds is 4. The van der Waals surface area contributed by atoms with E-state index in [2.05, 4.69) is 25.3 Å². The lowest BCUT2D eigenvalue weighted by Gasteiger charge is -2.14. The number of hydrogen-bond donors (Lipinski definition) is 2. The van der Waals surface area contributed by atoms with Gasteiger partial charge in [-0.2, -0.15) is 15.0 Å². The van der Waals surface area contributed by atoms with Crippen LogP contribution in [0.2, 0.25) is 0 Å². The predicted molar refractivity (Wildman–Crippen MR) is 71.8 cm³/mol. The van der Waals surface area contributed by atoms with Crippen LogP contribution in [0.3, 0.4) is 0 Å². The molecule has 0 aliphatic rings. The Morgan fingerprint density at radius 2 is 2.05 bits per heavy atom. The molecule has 0 saturated carbocycles. The van der Waals surface area contributed by atoms with Gasteiger partial charge >= 0.3 is 0 Å². The fourth-order valence-corrected chi connectivity index (χ4v) is 1.47. The van der Waals surface area contributed by atoms with Crippen LogP contribution in [0.5, 0.6) is 0 Å². The average Bonchev–Trinajstić information content (AvgIpc) is 2.75. The third-order valence-electron chi connectivity index (χ3n) is 2.40. The second-order valence-electron chi connectivity index (χ2n) is 4.39. The summed E-state index contributed by atoms with van der Waals surface area (Å²) in [4.78, 5) is 18.2. The van der Waals surface area contributed by atoms with Crippen molar-refractivity contribution in [2.75, 3.05) is 30.0 Å². The van der Waals surface area contributed by atoms with Crippen LogP contribution >= 0.6 is 0 Å². The number of anilines is 3. The minimum absolute atomic E-state index is 0.162. The summed E-state index contributed by atoms with van der Waals surface area (Å²) in [6, 6.07) is -0.162. The molecule has 2 heterocycles. The molecule has 0 bridgehead atoms. The summed E-state index contributed by atoms with van der Waals surface area (Å²) in [6.07, 6.45) is 1.67. The molecule has 0 radical (unpaired) electrons.